The van der Waals surface area contributed by atoms with Crippen LogP contribution in [0, 0.1) is 6.92 Å². The summed E-state index contributed by atoms with van der Waals surface area (Å²) in [6, 6.07) is 6.15. The van der Waals surface area contributed by atoms with Crippen LogP contribution in [0.3, 0.4) is 0 Å². The van der Waals surface area contributed by atoms with Gasteiger partial charge in [0, 0.05) is 23.2 Å². The van der Waals surface area contributed by atoms with Gasteiger partial charge in [0.2, 0.25) is 5.91 Å². The van der Waals surface area contributed by atoms with Crippen LogP contribution in [-0.2, 0) is 4.79 Å². The molecule has 0 aliphatic carbocycles. The second kappa shape index (κ2) is 7.89. The first-order chi connectivity index (χ1) is 11.0. The number of rotatable bonds is 7. The molecule has 0 fully saturated rings. The Kier molecular flexibility index (Phi) is 5.90. The van der Waals surface area contributed by atoms with E-state index in [0.717, 1.165) is 30.3 Å². The Bertz CT molecular complexity index is 739. The standard InChI is InChI=1S/C17H23N3O3/c1-11-9-16(21)23-15-10-12(6-7-13(11)15)20-17(22)14(18)5-3-4-8-19-2/h6-7,9-10,14,19H,3-5,8,18H2,1-2H3,(H,20,22). The van der Waals surface area contributed by atoms with Gasteiger partial charge in [-0.05, 0) is 51.1 Å². The van der Waals surface area contributed by atoms with E-state index in [2.05, 4.69) is 10.6 Å². The fourth-order valence-electron chi connectivity index (χ4n) is 2.43. The van der Waals surface area contributed by atoms with E-state index in [1.807, 2.05) is 20.0 Å². The summed E-state index contributed by atoms with van der Waals surface area (Å²) in [5, 5.41) is 6.68. The minimum absolute atomic E-state index is 0.233. The second-order valence-electron chi connectivity index (χ2n) is 5.65. The van der Waals surface area contributed by atoms with E-state index in [-0.39, 0.29) is 5.91 Å². The molecule has 0 saturated heterocycles. The molecule has 6 nitrogen and oxygen atoms in total. The summed E-state index contributed by atoms with van der Waals surface area (Å²) in [4.78, 5) is 23.5. The van der Waals surface area contributed by atoms with Crippen LogP contribution in [0.1, 0.15) is 24.8 Å². The van der Waals surface area contributed by atoms with Crippen LogP contribution in [0.4, 0.5) is 5.69 Å². The molecule has 124 valence electrons. The lowest BCUT2D eigenvalue weighted by Crippen LogP contribution is -2.35. The minimum Gasteiger partial charge on any atom is -0.423 e. The molecule has 2 aromatic rings. The summed E-state index contributed by atoms with van der Waals surface area (Å²) in [5.41, 5.74) is 7.37. The molecular weight excluding hydrogens is 294 g/mol. The Hall–Kier alpha value is -2.18. The van der Waals surface area contributed by atoms with Gasteiger partial charge in [-0.1, -0.05) is 6.42 Å². The van der Waals surface area contributed by atoms with Crippen LogP contribution in [0.15, 0.2) is 33.5 Å². The number of unbranched alkanes of at least 4 members (excludes halogenated alkanes) is 1. The van der Waals surface area contributed by atoms with Gasteiger partial charge in [-0.25, -0.2) is 4.79 Å². The molecule has 1 unspecified atom stereocenters. The van der Waals surface area contributed by atoms with Crippen LogP contribution >= 0.6 is 0 Å². The lowest BCUT2D eigenvalue weighted by molar-refractivity contribution is -0.117. The number of hydrogen-bond donors (Lipinski definition) is 3. The highest BCUT2D eigenvalue weighted by Crippen LogP contribution is 2.20. The average Bonchev–Trinajstić information content (AvgIpc) is 2.50. The summed E-state index contributed by atoms with van der Waals surface area (Å²) >= 11 is 0. The Morgan fingerprint density at radius 2 is 2.09 bits per heavy atom. The first-order valence-corrected chi connectivity index (χ1v) is 7.77. The van der Waals surface area contributed by atoms with Gasteiger partial charge >= 0.3 is 5.63 Å². The maximum atomic E-state index is 12.1. The number of carbonyl (C=O) groups excluding carboxylic acids is 1. The number of anilines is 1. The Morgan fingerprint density at radius 3 is 2.83 bits per heavy atom. The Morgan fingerprint density at radius 1 is 1.30 bits per heavy atom. The molecule has 1 aromatic carbocycles. The predicted molar refractivity (Wildman–Crippen MR) is 91.6 cm³/mol. The molecule has 23 heavy (non-hydrogen) atoms. The lowest BCUT2D eigenvalue weighted by atomic mass is 10.1. The Balaban J connectivity index is 2.03. The summed E-state index contributed by atoms with van der Waals surface area (Å²) in [6.07, 6.45) is 2.51. The number of nitrogens with two attached hydrogens (primary N) is 1. The lowest BCUT2D eigenvalue weighted by Gasteiger charge is -2.12. The second-order valence-corrected chi connectivity index (χ2v) is 5.65. The van der Waals surface area contributed by atoms with Crippen molar-refractivity contribution in [3.8, 4) is 0 Å². The van der Waals surface area contributed by atoms with Gasteiger partial charge in [-0.15, -0.1) is 0 Å². The highest BCUT2D eigenvalue weighted by atomic mass is 16.4. The van der Waals surface area contributed by atoms with Gasteiger partial charge in [0.1, 0.15) is 5.58 Å². The Labute approximate surface area is 135 Å². The zero-order chi connectivity index (χ0) is 16.8. The summed E-state index contributed by atoms with van der Waals surface area (Å²) in [6.45, 7) is 2.76. The zero-order valence-corrected chi connectivity index (χ0v) is 13.5. The molecular formula is C17H23N3O3. The van der Waals surface area contributed by atoms with Gasteiger partial charge in [0.25, 0.3) is 0 Å². The summed E-state index contributed by atoms with van der Waals surface area (Å²) < 4.78 is 5.17. The molecule has 0 aliphatic heterocycles. The number of carbonyl (C=O) groups is 1. The number of hydrogen-bond acceptors (Lipinski definition) is 5. The van der Waals surface area contributed by atoms with E-state index < -0.39 is 11.7 Å². The predicted octanol–water partition coefficient (Wildman–Crippen LogP) is 1.76. The highest BCUT2D eigenvalue weighted by Gasteiger charge is 2.13. The number of fused-ring (bicyclic) bond motifs is 1. The van der Waals surface area contributed by atoms with Gasteiger partial charge < -0.3 is 20.8 Å². The molecule has 0 saturated carbocycles. The maximum Gasteiger partial charge on any atom is 0.336 e. The number of amides is 1. The quantitative estimate of drug-likeness (QED) is 0.534. The van der Waals surface area contributed by atoms with Gasteiger partial charge in [0.15, 0.2) is 0 Å². The minimum atomic E-state index is -0.549. The van der Waals surface area contributed by atoms with E-state index in [1.165, 1.54) is 6.07 Å². The van der Waals surface area contributed by atoms with Crippen molar-refractivity contribution in [3.63, 3.8) is 0 Å². The third-order valence-electron chi connectivity index (χ3n) is 3.75. The molecule has 0 bridgehead atoms. The van der Waals surface area contributed by atoms with Crippen molar-refractivity contribution in [2.75, 3.05) is 18.9 Å². The van der Waals surface area contributed by atoms with Crippen LogP contribution in [0.2, 0.25) is 0 Å². The first-order valence-electron chi connectivity index (χ1n) is 7.77. The summed E-state index contributed by atoms with van der Waals surface area (Å²) in [7, 11) is 1.90. The number of benzene rings is 1. The summed E-state index contributed by atoms with van der Waals surface area (Å²) in [5.74, 6) is -0.233. The van der Waals surface area contributed by atoms with Gasteiger partial charge in [0.05, 0.1) is 6.04 Å². The largest absolute Gasteiger partial charge is 0.423 e. The van der Waals surface area contributed by atoms with E-state index >= 15 is 0 Å². The number of aryl methyl sites for hydroxylation is 1. The van der Waals surface area contributed by atoms with E-state index in [0.29, 0.717) is 17.7 Å². The van der Waals surface area contributed by atoms with Gasteiger partial charge in [-0.3, -0.25) is 4.79 Å². The van der Waals surface area contributed by atoms with E-state index in [4.69, 9.17) is 10.2 Å². The molecule has 2 rings (SSSR count). The average molecular weight is 317 g/mol. The molecule has 0 radical (unpaired) electrons. The third-order valence-corrected chi connectivity index (χ3v) is 3.75. The highest BCUT2D eigenvalue weighted by molar-refractivity contribution is 5.96. The SMILES string of the molecule is CNCCCCC(N)C(=O)Nc1ccc2c(C)cc(=O)oc2c1. The maximum absolute atomic E-state index is 12.1. The molecule has 1 atom stereocenters. The molecule has 0 spiro atoms. The zero-order valence-electron chi connectivity index (χ0n) is 13.5. The van der Waals surface area contributed by atoms with Crippen molar-refractivity contribution >= 4 is 22.6 Å². The smallest absolute Gasteiger partial charge is 0.336 e. The number of nitrogens with one attached hydrogen (secondary N) is 2. The monoisotopic (exact) mass is 317 g/mol. The van der Waals surface area contributed by atoms with Crippen molar-refractivity contribution in [3.05, 3.63) is 40.2 Å². The fourth-order valence-corrected chi connectivity index (χ4v) is 2.43. The molecule has 4 N–H and O–H groups in total. The molecule has 1 heterocycles. The topological polar surface area (TPSA) is 97.4 Å². The van der Waals surface area contributed by atoms with Crippen molar-refractivity contribution in [1.82, 2.24) is 5.32 Å². The van der Waals surface area contributed by atoms with E-state index in [9.17, 15) is 9.59 Å². The fraction of sp³-hybridized carbons (Fsp3) is 0.412. The molecule has 1 amide bonds. The van der Waals surface area contributed by atoms with Crippen LogP contribution in [0.5, 0.6) is 0 Å². The van der Waals surface area contributed by atoms with Gasteiger partial charge in [-0.2, -0.15) is 0 Å². The van der Waals surface area contributed by atoms with Crippen LogP contribution in [0.25, 0.3) is 11.0 Å². The van der Waals surface area contributed by atoms with Crippen molar-refractivity contribution in [2.45, 2.75) is 32.2 Å². The molecule has 0 aliphatic rings. The molecule has 1 aromatic heterocycles. The van der Waals surface area contributed by atoms with Crippen LogP contribution in [-0.4, -0.2) is 25.5 Å². The normalized spacial score (nSPS) is 12.3. The van der Waals surface area contributed by atoms with Crippen LogP contribution < -0.4 is 22.0 Å². The third kappa shape index (κ3) is 4.64. The first kappa shape index (κ1) is 17.2. The van der Waals surface area contributed by atoms with Crippen molar-refractivity contribution in [1.29, 1.82) is 0 Å². The van der Waals surface area contributed by atoms with Crippen molar-refractivity contribution < 1.29 is 9.21 Å². The molecule has 6 heteroatoms. The van der Waals surface area contributed by atoms with E-state index in [1.54, 1.807) is 12.1 Å². The van der Waals surface area contributed by atoms with Crippen molar-refractivity contribution in [2.24, 2.45) is 5.73 Å².